The first-order valence-electron chi connectivity index (χ1n) is 8.93. The molecule has 1 aliphatic rings. The molecule has 0 aromatic heterocycles. The van der Waals surface area contributed by atoms with Gasteiger partial charge < -0.3 is 5.32 Å². The second-order valence-corrected chi connectivity index (χ2v) is 8.31. The first-order chi connectivity index (χ1) is 13.4. The summed E-state index contributed by atoms with van der Waals surface area (Å²) in [6.07, 6.45) is 1.58. The van der Waals surface area contributed by atoms with Gasteiger partial charge in [-0.1, -0.05) is 36.4 Å². The van der Waals surface area contributed by atoms with E-state index in [2.05, 4.69) is 5.32 Å². The fourth-order valence-electron chi connectivity index (χ4n) is 2.93. The number of halogens is 1. The molecule has 1 N–H and O–H groups in total. The average molecular weight is 403 g/mol. The summed E-state index contributed by atoms with van der Waals surface area (Å²) in [5.74, 6) is -0.675. The Morgan fingerprint density at radius 3 is 2.43 bits per heavy atom. The zero-order valence-corrected chi connectivity index (χ0v) is 16.1. The van der Waals surface area contributed by atoms with Crippen LogP contribution in [0.2, 0.25) is 0 Å². The number of piperazine rings is 1. The highest BCUT2D eigenvalue weighted by Gasteiger charge is 2.25. The van der Waals surface area contributed by atoms with Crippen LogP contribution in [0.25, 0.3) is 6.08 Å². The van der Waals surface area contributed by atoms with Gasteiger partial charge in [0, 0.05) is 37.3 Å². The number of hydrogen-bond donors (Lipinski definition) is 1. The predicted molar refractivity (Wildman–Crippen MR) is 107 cm³/mol. The second-order valence-electron chi connectivity index (χ2n) is 6.49. The third-order valence-corrected chi connectivity index (χ3v) is 5.96. The molecular weight excluding hydrogens is 381 g/mol. The van der Waals surface area contributed by atoms with Crippen molar-refractivity contribution in [1.82, 2.24) is 9.21 Å². The Morgan fingerprint density at radius 2 is 1.75 bits per heavy atom. The Hall–Kier alpha value is -2.55. The number of hydrogen-bond acceptors (Lipinski definition) is 4. The minimum Gasteiger partial charge on any atom is -0.325 e. The lowest BCUT2D eigenvalue weighted by atomic mass is 10.2. The van der Waals surface area contributed by atoms with Crippen molar-refractivity contribution in [2.75, 3.05) is 38.0 Å². The Kier molecular flexibility index (Phi) is 6.56. The number of carbonyl (C=O) groups excluding carboxylic acids is 1. The van der Waals surface area contributed by atoms with Crippen LogP contribution < -0.4 is 5.32 Å². The molecule has 0 saturated carbocycles. The lowest BCUT2D eigenvalue weighted by molar-refractivity contribution is -0.117. The van der Waals surface area contributed by atoms with Gasteiger partial charge in [-0.3, -0.25) is 9.69 Å². The van der Waals surface area contributed by atoms with E-state index in [9.17, 15) is 17.6 Å². The third-order valence-electron chi connectivity index (χ3n) is 4.40. The molecular formula is C20H22FN3O3S. The molecule has 8 heteroatoms. The first kappa shape index (κ1) is 20.2. The van der Waals surface area contributed by atoms with Gasteiger partial charge in [-0.25, -0.2) is 12.8 Å². The van der Waals surface area contributed by atoms with Crippen molar-refractivity contribution >= 4 is 27.7 Å². The number of nitrogens with zero attached hydrogens (tertiary/aromatic N) is 2. The van der Waals surface area contributed by atoms with Crippen LogP contribution in [0, 0.1) is 5.82 Å². The summed E-state index contributed by atoms with van der Waals surface area (Å²) in [5.41, 5.74) is 1.22. The third kappa shape index (κ3) is 5.72. The molecule has 148 valence electrons. The van der Waals surface area contributed by atoms with Crippen LogP contribution >= 0.6 is 0 Å². The molecule has 0 spiro atoms. The molecule has 1 fully saturated rings. The normalized spacial score (nSPS) is 16.3. The van der Waals surface area contributed by atoms with E-state index < -0.39 is 15.8 Å². The minimum absolute atomic E-state index is 0.129. The van der Waals surface area contributed by atoms with Crippen molar-refractivity contribution in [2.24, 2.45) is 0 Å². The van der Waals surface area contributed by atoms with Crippen molar-refractivity contribution < 1.29 is 17.6 Å². The number of amides is 1. The van der Waals surface area contributed by atoms with Crippen molar-refractivity contribution in [1.29, 1.82) is 0 Å². The van der Waals surface area contributed by atoms with Crippen molar-refractivity contribution in [3.05, 3.63) is 71.4 Å². The molecule has 6 nitrogen and oxygen atoms in total. The molecule has 0 atom stereocenters. The number of benzene rings is 2. The fraction of sp³-hybridized carbons (Fsp3) is 0.250. The van der Waals surface area contributed by atoms with E-state index in [1.54, 1.807) is 12.1 Å². The lowest BCUT2D eigenvalue weighted by Gasteiger charge is -2.32. The second kappa shape index (κ2) is 9.09. The van der Waals surface area contributed by atoms with Gasteiger partial charge >= 0.3 is 0 Å². The number of sulfonamides is 1. The number of carbonyl (C=O) groups is 1. The summed E-state index contributed by atoms with van der Waals surface area (Å²) in [7, 11) is -3.50. The maximum Gasteiger partial charge on any atom is 0.238 e. The summed E-state index contributed by atoms with van der Waals surface area (Å²) in [6, 6.07) is 14.9. The monoisotopic (exact) mass is 403 g/mol. The zero-order chi connectivity index (χ0) is 20.0. The lowest BCUT2D eigenvalue weighted by Crippen LogP contribution is -2.49. The van der Waals surface area contributed by atoms with E-state index >= 15 is 0 Å². The maximum absolute atomic E-state index is 13.2. The van der Waals surface area contributed by atoms with E-state index in [4.69, 9.17) is 0 Å². The first-order valence-corrected chi connectivity index (χ1v) is 10.4. The van der Waals surface area contributed by atoms with E-state index in [-0.39, 0.29) is 12.5 Å². The zero-order valence-electron chi connectivity index (χ0n) is 15.3. The predicted octanol–water partition coefficient (Wildman–Crippen LogP) is 2.38. The highest BCUT2D eigenvalue weighted by Crippen LogP contribution is 2.12. The van der Waals surface area contributed by atoms with Gasteiger partial charge in [0.15, 0.2) is 0 Å². The van der Waals surface area contributed by atoms with Crippen molar-refractivity contribution in [3.8, 4) is 0 Å². The Bertz CT molecular complexity index is 940. The molecule has 3 rings (SSSR count). The topological polar surface area (TPSA) is 69.7 Å². The molecule has 0 aliphatic carbocycles. The van der Waals surface area contributed by atoms with Crippen LogP contribution in [0.4, 0.5) is 10.1 Å². The van der Waals surface area contributed by atoms with Gasteiger partial charge in [-0.15, -0.1) is 0 Å². The van der Waals surface area contributed by atoms with Crippen molar-refractivity contribution in [2.45, 2.75) is 0 Å². The van der Waals surface area contributed by atoms with E-state index in [1.807, 2.05) is 35.2 Å². The van der Waals surface area contributed by atoms with Crippen LogP contribution in [0.3, 0.4) is 0 Å². The molecule has 0 unspecified atom stereocenters. The van der Waals surface area contributed by atoms with Crippen LogP contribution in [0.1, 0.15) is 5.56 Å². The van der Waals surface area contributed by atoms with Crippen LogP contribution in [-0.4, -0.2) is 56.3 Å². The van der Waals surface area contributed by atoms with Crippen LogP contribution in [-0.2, 0) is 14.8 Å². The largest absolute Gasteiger partial charge is 0.325 e. The molecule has 1 saturated heterocycles. The Labute approximate surface area is 164 Å². The average Bonchev–Trinajstić information content (AvgIpc) is 2.68. The SMILES string of the molecule is O=C(CN1CCN(S(=O)(=O)C=Cc2ccccc2)CC1)Nc1cccc(F)c1. The molecule has 1 amide bonds. The number of anilines is 1. The van der Waals surface area contributed by atoms with E-state index in [0.29, 0.717) is 31.9 Å². The highest BCUT2D eigenvalue weighted by atomic mass is 32.2. The minimum atomic E-state index is -3.50. The van der Waals surface area contributed by atoms with Crippen LogP contribution in [0.15, 0.2) is 60.0 Å². The number of nitrogens with one attached hydrogen (secondary N) is 1. The molecule has 1 aliphatic heterocycles. The fourth-order valence-corrected chi connectivity index (χ4v) is 4.10. The van der Waals surface area contributed by atoms with E-state index in [1.165, 1.54) is 27.9 Å². The highest BCUT2D eigenvalue weighted by molar-refractivity contribution is 7.92. The molecule has 2 aromatic rings. The van der Waals surface area contributed by atoms with Gasteiger partial charge in [0.25, 0.3) is 0 Å². The van der Waals surface area contributed by atoms with Crippen molar-refractivity contribution in [3.63, 3.8) is 0 Å². The Morgan fingerprint density at radius 1 is 1.04 bits per heavy atom. The van der Waals surface area contributed by atoms with Gasteiger partial charge in [0.2, 0.25) is 15.9 Å². The Balaban J connectivity index is 1.49. The molecule has 2 aromatic carbocycles. The molecule has 1 heterocycles. The summed E-state index contributed by atoms with van der Waals surface area (Å²) >= 11 is 0. The summed E-state index contributed by atoms with van der Waals surface area (Å²) in [6.45, 7) is 1.66. The maximum atomic E-state index is 13.2. The van der Waals surface area contributed by atoms with Crippen LogP contribution in [0.5, 0.6) is 0 Å². The summed E-state index contributed by atoms with van der Waals surface area (Å²) in [4.78, 5) is 14.0. The van der Waals surface area contributed by atoms with Gasteiger partial charge in [0.1, 0.15) is 5.82 Å². The summed E-state index contributed by atoms with van der Waals surface area (Å²) in [5, 5.41) is 3.86. The smallest absolute Gasteiger partial charge is 0.238 e. The number of rotatable bonds is 6. The van der Waals surface area contributed by atoms with E-state index in [0.717, 1.165) is 5.56 Å². The van der Waals surface area contributed by atoms with Gasteiger partial charge in [0.05, 0.1) is 6.54 Å². The van der Waals surface area contributed by atoms with Gasteiger partial charge in [-0.2, -0.15) is 4.31 Å². The molecule has 0 bridgehead atoms. The standard InChI is InChI=1S/C20H22FN3O3S/c21-18-7-4-8-19(15-18)22-20(25)16-23-10-12-24(13-11-23)28(26,27)14-9-17-5-2-1-3-6-17/h1-9,14-15H,10-13,16H2,(H,22,25). The molecule has 0 radical (unpaired) electrons. The molecule has 28 heavy (non-hydrogen) atoms. The van der Waals surface area contributed by atoms with Gasteiger partial charge in [-0.05, 0) is 29.8 Å². The summed E-state index contributed by atoms with van der Waals surface area (Å²) < 4.78 is 39.5. The quantitative estimate of drug-likeness (QED) is 0.804.